The highest BCUT2D eigenvalue weighted by molar-refractivity contribution is 5.42. The molecule has 0 fully saturated rings. The van der Waals surface area contributed by atoms with Crippen LogP contribution >= 0.6 is 0 Å². The van der Waals surface area contributed by atoms with E-state index >= 15 is 0 Å². The van der Waals surface area contributed by atoms with Crippen LogP contribution in [-0.2, 0) is 0 Å². The number of aliphatic hydroxyl groups is 1. The molecular weight excluding hydrogens is 278 g/mol. The first-order valence-electron chi connectivity index (χ1n) is 6.54. The minimum absolute atomic E-state index is 0.0732. The van der Waals surface area contributed by atoms with Gasteiger partial charge < -0.3 is 14.6 Å². The summed E-state index contributed by atoms with van der Waals surface area (Å²) < 4.78 is 38.4. The standard InChI is InChI=1S/C16H14F2O3/c1-20-9-6-12(17)15(13(18)7-9)16(19)11-8-21-14-5-3-2-4-10(11)14/h2-7,11,16,19H,8H2,1H3. The van der Waals surface area contributed by atoms with E-state index in [2.05, 4.69) is 0 Å². The molecule has 3 nitrogen and oxygen atoms in total. The molecule has 2 atom stereocenters. The lowest BCUT2D eigenvalue weighted by molar-refractivity contribution is 0.122. The van der Waals surface area contributed by atoms with Crippen LogP contribution in [0, 0.1) is 11.6 Å². The fourth-order valence-electron chi connectivity index (χ4n) is 2.61. The highest BCUT2D eigenvalue weighted by atomic mass is 19.1. The first-order chi connectivity index (χ1) is 10.1. The highest BCUT2D eigenvalue weighted by Gasteiger charge is 2.34. The molecule has 0 aliphatic carbocycles. The molecule has 2 aromatic rings. The Hall–Kier alpha value is -2.14. The van der Waals surface area contributed by atoms with E-state index in [0.717, 1.165) is 17.7 Å². The molecule has 110 valence electrons. The third-order valence-electron chi connectivity index (χ3n) is 3.70. The Kier molecular flexibility index (Phi) is 3.51. The van der Waals surface area contributed by atoms with Crippen LogP contribution in [0.25, 0.3) is 0 Å². The Labute approximate surface area is 120 Å². The monoisotopic (exact) mass is 292 g/mol. The van der Waals surface area contributed by atoms with E-state index in [4.69, 9.17) is 9.47 Å². The topological polar surface area (TPSA) is 38.7 Å². The lowest BCUT2D eigenvalue weighted by atomic mass is 9.90. The van der Waals surface area contributed by atoms with Gasteiger partial charge in [-0.25, -0.2) is 8.78 Å². The summed E-state index contributed by atoms with van der Waals surface area (Å²) in [4.78, 5) is 0. The summed E-state index contributed by atoms with van der Waals surface area (Å²) >= 11 is 0. The van der Waals surface area contributed by atoms with Crippen molar-refractivity contribution in [3.05, 3.63) is 59.2 Å². The first-order valence-corrected chi connectivity index (χ1v) is 6.54. The van der Waals surface area contributed by atoms with Gasteiger partial charge in [0.1, 0.15) is 23.1 Å². The first kappa shape index (κ1) is 13.8. The van der Waals surface area contributed by atoms with Gasteiger partial charge in [-0.3, -0.25) is 0 Å². The van der Waals surface area contributed by atoms with Gasteiger partial charge >= 0.3 is 0 Å². The van der Waals surface area contributed by atoms with Crippen molar-refractivity contribution in [3.63, 3.8) is 0 Å². The van der Waals surface area contributed by atoms with Crippen LogP contribution in [-0.4, -0.2) is 18.8 Å². The van der Waals surface area contributed by atoms with Gasteiger partial charge in [-0.2, -0.15) is 0 Å². The molecule has 0 saturated heterocycles. The van der Waals surface area contributed by atoms with Crippen molar-refractivity contribution >= 4 is 0 Å². The number of hydrogen-bond donors (Lipinski definition) is 1. The number of rotatable bonds is 3. The number of aliphatic hydroxyl groups excluding tert-OH is 1. The second-order valence-electron chi connectivity index (χ2n) is 4.90. The van der Waals surface area contributed by atoms with Crippen LogP contribution in [0.15, 0.2) is 36.4 Å². The Morgan fingerprint density at radius 2 is 1.90 bits per heavy atom. The van der Waals surface area contributed by atoms with Crippen LogP contribution in [0.3, 0.4) is 0 Å². The third kappa shape index (κ3) is 2.34. The van der Waals surface area contributed by atoms with Crippen molar-refractivity contribution in [3.8, 4) is 11.5 Å². The van der Waals surface area contributed by atoms with Crippen LogP contribution in [0.5, 0.6) is 11.5 Å². The van der Waals surface area contributed by atoms with Crippen molar-refractivity contribution in [1.82, 2.24) is 0 Å². The summed E-state index contributed by atoms with van der Waals surface area (Å²) in [6.45, 7) is 0.186. The Bertz CT molecular complexity index is 649. The van der Waals surface area contributed by atoms with E-state index in [9.17, 15) is 13.9 Å². The number of halogens is 2. The van der Waals surface area contributed by atoms with Crippen molar-refractivity contribution in [1.29, 1.82) is 0 Å². The zero-order valence-electron chi connectivity index (χ0n) is 11.3. The van der Waals surface area contributed by atoms with Gasteiger partial charge in [-0.15, -0.1) is 0 Å². The maximum Gasteiger partial charge on any atom is 0.135 e. The van der Waals surface area contributed by atoms with Crippen molar-refractivity contribution in [2.75, 3.05) is 13.7 Å². The van der Waals surface area contributed by atoms with Gasteiger partial charge in [-0.1, -0.05) is 18.2 Å². The second kappa shape index (κ2) is 5.33. The summed E-state index contributed by atoms with van der Waals surface area (Å²) in [5, 5.41) is 10.4. The van der Waals surface area contributed by atoms with Crippen LogP contribution in [0.1, 0.15) is 23.1 Å². The predicted octanol–water partition coefficient (Wildman–Crippen LogP) is 3.18. The molecule has 1 aliphatic heterocycles. The molecular formula is C16H14F2O3. The molecule has 0 spiro atoms. The third-order valence-corrected chi connectivity index (χ3v) is 3.70. The molecule has 2 aromatic carbocycles. The van der Waals surface area contributed by atoms with Crippen LogP contribution in [0.4, 0.5) is 8.78 Å². The summed E-state index contributed by atoms with van der Waals surface area (Å²) in [6, 6.07) is 9.28. The molecule has 2 unspecified atom stereocenters. The molecule has 3 rings (SSSR count). The molecule has 1 heterocycles. The van der Waals surface area contributed by atoms with Crippen molar-refractivity contribution in [2.45, 2.75) is 12.0 Å². The van der Waals surface area contributed by atoms with Crippen LogP contribution < -0.4 is 9.47 Å². The summed E-state index contributed by atoms with van der Waals surface area (Å²) in [5.74, 6) is -1.45. The molecule has 1 aliphatic rings. The smallest absolute Gasteiger partial charge is 0.135 e. The zero-order chi connectivity index (χ0) is 15.0. The maximum absolute atomic E-state index is 14.1. The normalized spacial score (nSPS) is 18.0. The Morgan fingerprint density at radius 3 is 2.57 bits per heavy atom. The average Bonchev–Trinajstić information content (AvgIpc) is 2.90. The van der Waals surface area contributed by atoms with E-state index in [-0.39, 0.29) is 17.9 Å². The van der Waals surface area contributed by atoms with E-state index < -0.39 is 23.7 Å². The number of fused-ring (bicyclic) bond motifs is 1. The van der Waals surface area contributed by atoms with Gasteiger partial charge in [0, 0.05) is 17.7 Å². The molecule has 1 N–H and O–H groups in total. The number of para-hydroxylation sites is 1. The fraction of sp³-hybridized carbons (Fsp3) is 0.250. The fourth-order valence-corrected chi connectivity index (χ4v) is 2.61. The minimum Gasteiger partial charge on any atom is -0.497 e. The summed E-state index contributed by atoms with van der Waals surface area (Å²) in [7, 11) is 1.32. The maximum atomic E-state index is 14.1. The minimum atomic E-state index is -1.32. The Morgan fingerprint density at radius 1 is 1.24 bits per heavy atom. The second-order valence-corrected chi connectivity index (χ2v) is 4.90. The number of methoxy groups -OCH3 is 1. The van der Waals surface area contributed by atoms with Gasteiger partial charge in [-0.05, 0) is 6.07 Å². The highest BCUT2D eigenvalue weighted by Crippen LogP contribution is 2.42. The number of benzene rings is 2. The summed E-state index contributed by atoms with van der Waals surface area (Å²) in [6.07, 6.45) is -1.32. The molecule has 0 saturated carbocycles. The Balaban J connectivity index is 1.99. The van der Waals surface area contributed by atoms with E-state index in [1.165, 1.54) is 7.11 Å². The molecule has 0 aromatic heterocycles. The van der Waals surface area contributed by atoms with Gasteiger partial charge in [0.2, 0.25) is 0 Å². The van der Waals surface area contributed by atoms with E-state index in [1.807, 2.05) is 6.07 Å². The van der Waals surface area contributed by atoms with Crippen LogP contribution in [0.2, 0.25) is 0 Å². The largest absolute Gasteiger partial charge is 0.497 e. The average molecular weight is 292 g/mol. The molecule has 0 radical (unpaired) electrons. The quantitative estimate of drug-likeness (QED) is 0.944. The van der Waals surface area contributed by atoms with Gasteiger partial charge in [0.15, 0.2) is 0 Å². The lowest BCUT2D eigenvalue weighted by Crippen LogP contribution is -2.15. The molecule has 0 amide bonds. The molecule has 5 heteroatoms. The zero-order valence-corrected chi connectivity index (χ0v) is 11.3. The van der Waals surface area contributed by atoms with Gasteiger partial charge in [0.25, 0.3) is 0 Å². The lowest BCUT2D eigenvalue weighted by Gasteiger charge is -2.19. The van der Waals surface area contributed by atoms with Crippen molar-refractivity contribution in [2.24, 2.45) is 0 Å². The molecule has 21 heavy (non-hydrogen) atoms. The SMILES string of the molecule is COc1cc(F)c(C(O)C2COc3ccccc32)c(F)c1. The van der Waals surface area contributed by atoms with Crippen molar-refractivity contribution < 1.29 is 23.4 Å². The molecule has 0 bridgehead atoms. The van der Waals surface area contributed by atoms with E-state index in [0.29, 0.717) is 5.75 Å². The summed E-state index contributed by atoms with van der Waals surface area (Å²) in [5.41, 5.74) is 0.390. The number of hydrogen-bond acceptors (Lipinski definition) is 3. The number of ether oxygens (including phenoxy) is 2. The van der Waals surface area contributed by atoms with Gasteiger partial charge in [0.05, 0.1) is 31.3 Å². The van der Waals surface area contributed by atoms with E-state index in [1.54, 1.807) is 18.2 Å². The predicted molar refractivity (Wildman–Crippen MR) is 72.5 cm³/mol.